The van der Waals surface area contributed by atoms with E-state index in [1.807, 2.05) is 18.2 Å². The van der Waals surface area contributed by atoms with Gasteiger partial charge in [-0.15, -0.1) is 0 Å². The lowest BCUT2D eigenvalue weighted by Crippen LogP contribution is -2.20. The van der Waals surface area contributed by atoms with E-state index in [0.29, 0.717) is 5.92 Å². The van der Waals surface area contributed by atoms with Gasteiger partial charge in [-0.3, -0.25) is 0 Å². The van der Waals surface area contributed by atoms with Gasteiger partial charge in [-0.2, -0.15) is 0 Å². The summed E-state index contributed by atoms with van der Waals surface area (Å²) in [5, 5.41) is 3.71. The van der Waals surface area contributed by atoms with Gasteiger partial charge in [-0.25, -0.2) is 0 Å². The van der Waals surface area contributed by atoms with Crippen LogP contribution in [0, 0.1) is 0 Å². The van der Waals surface area contributed by atoms with E-state index in [2.05, 4.69) is 96.4 Å². The van der Waals surface area contributed by atoms with Crippen molar-refractivity contribution >= 4 is 5.69 Å². The van der Waals surface area contributed by atoms with Crippen molar-refractivity contribution in [2.75, 3.05) is 5.73 Å². The highest BCUT2D eigenvalue weighted by atomic mass is 14.9. The van der Waals surface area contributed by atoms with Gasteiger partial charge < -0.3 is 11.1 Å². The second-order valence-corrected chi connectivity index (χ2v) is 8.42. The average Bonchev–Trinajstić information content (AvgIpc) is 2.85. The predicted molar refractivity (Wildman–Crippen MR) is 136 cm³/mol. The molecule has 0 fully saturated rings. The molecular weight excluding hydrogens is 388 g/mol. The van der Waals surface area contributed by atoms with Crippen molar-refractivity contribution in [3.8, 4) is 22.3 Å². The third kappa shape index (κ3) is 4.31. The molecule has 0 bridgehead atoms. The van der Waals surface area contributed by atoms with Gasteiger partial charge in [0.15, 0.2) is 0 Å². The molecule has 0 saturated carbocycles. The number of anilines is 1. The highest BCUT2D eigenvalue weighted by Gasteiger charge is 2.19. The maximum Gasteiger partial charge on any atom is 0.0393 e. The van der Waals surface area contributed by atoms with Crippen LogP contribution in [0.4, 0.5) is 5.69 Å². The van der Waals surface area contributed by atoms with Crippen LogP contribution in [0.2, 0.25) is 0 Å². The number of nitrogens with two attached hydrogens (primary N) is 1. The first-order valence-electron chi connectivity index (χ1n) is 11.3. The standard InChI is InChI=1S/C30H28N2/c31-29-18-6-4-16-27(29)24-12-8-10-22(20-24)23-11-9-13-25(21-23)28-17-5-7-19-30(28)32-26-14-2-1-3-15-26/h1-2,4-14,16,18-21,28,32H,3,15,17,31H2. The number of nitrogens with one attached hydrogen (secondary N) is 1. The van der Waals surface area contributed by atoms with Crippen LogP contribution in [0.5, 0.6) is 0 Å². The summed E-state index contributed by atoms with van der Waals surface area (Å²) in [5.41, 5.74) is 15.6. The molecule has 0 aliphatic heterocycles. The molecule has 0 radical (unpaired) electrons. The minimum absolute atomic E-state index is 0.333. The van der Waals surface area contributed by atoms with Gasteiger partial charge in [0, 0.05) is 28.6 Å². The fraction of sp³-hybridized carbons (Fsp3) is 0.133. The summed E-state index contributed by atoms with van der Waals surface area (Å²) in [6, 6.07) is 25.7. The third-order valence-electron chi connectivity index (χ3n) is 6.23. The monoisotopic (exact) mass is 416 g/mol. The van der Waals surface area contributed by atoms with Crippen molar-refractivity contribution < 1.29 is 0 Å². The summed E-state index contributed by atoms with van der Waals surface area (Å²) < 4.78 is 0. The second-order valence-electron chi connectivity index (χ2n) is 8.42. The molecule has 0 amide bonds. The Bertz CT molecular complexity index is 1240. The van der Waals surface area contributed by atoms with Gasteiger partial charge in [0.1, 0.15) is 0 Å². The predicted octanol–water partition coefficient (Wildman–Crippen LogP) is 7.35. The smallest absolute Gasteiger partial charge is 0.0393 e. The fourth-order valence-corrected chi connectivity index (χ4v) is 4.53. The van der Waals surface area contributed by atoms with Gasteiger partial charge in [0.25, 0.3) is 0 Å². The summed E-state index contributed by atoms with van der Waals surface area (Å²) >= 11 is 0. The molecule has 2 heteroatoms. The van der Waals surface area contributed by atoms with E-state index in [-0.39, 0.29) is 0 Å². The molecule has 1 atom stereocenters. The molecule has 32 heavy (non-hydrogen) atoms. The zero-order valence-electron chi connectivity index (χ0n) is 18.2. The maximum atomic E-state index is 6.23. The zero-order valence-corrected chi connectivity index (χ0v) is 18.2. The number of allylic oxidation sites excluding steroid dienone is 8. The van der Waals surface area contributed by atoms with Gasteiger partial charge in [0.2, 0.25) is 0 Å². The molecule has 0 saturated heterocycles. The van der Waals surface area contributed by atoms with E-state index < -0.39 is 0 Å². The molecule has 0 heterocycles. The van der Waals surface area contributed by atoms with E-state index in [9.17, 15) is 0 Å². The molecule has 2 nitrogen and oxygen atoms in total. The molecule has 3 aromatic rings. The molecule has 0 aromatic heterocycles. The fourth-order valence-electron chi connectivity index (χ4n) is 4.53. The van der Waals surface area contributed by atoms with E-state index in [1.54, 1.807) is 0 Å². The summed E-state index contributed by atoms with van der Waals surface area (Å²) in [6.07, 6.45) is 16.4. The molecule has 3 aromatic carbocycles. The Labute approximate surface area is 190 Å². The first kappa shape index (κ1) is 20.1. The Kier molecular flexibility index (Phi) is 5.76. The molecule has 3 N–H and O–H groups in total. The van der Waals surface area contributed by atoms with Crippen molar-refractivity contribution in [2.24, 2.45) is 0 Å². The van der Waals surface area contributed by atoms with Crippen LogP contribution >= 0.6 is 0 Å². The third-order valence-corrected chi connectivity index (χ3v) is 6.23. The normalized spacial score (nSPS) is 17.6. The number of benzene rings is 3. The lowest BCUT2D eigenvalue weighted by atomic mass is 9.87. The Hall–Kier alpha value is -3.78. The van der Waals surface area contributed by atoms with Crippen LogP contribution in [0.15, 0.2) is 121 Å². The summed E-state index contributed by atoms with van der Waals surface area (Å²) in [5.74, 6) is 0.333. The quantitative estimate of drug-likeness (QED) is 0.427. The second kappa shape index (κ2) is 9.15. The van der Waals surface area contributed by atoms with Gasteiger partial charge in [-0.1, -0.05) is 85.0 Å². The number of para-hydroxylation sites is 1. The van der Waals surface area contributed by atoms with Crippen molar-refractivity contribution in [2.45, 2.75) is 25.2 Å². The average molecular weight is 417 g/mol. The first-order valence-corrected chi connectivity index (χ1v) is 11.3. The first-order chi connectivity index (χ1) is 15.8. The lowest BCUT2D eigenvalue weighted by Gasteiger charge is -2.25. The topological polar surface area (TPSA) is 38.0 Å². The molecule has 2 aliphatic rings. The van der Waals surface area contributed by atoms with Crippen LogP contribution in [-0.4, -0.2) is 0 Å². The Morgan fingerprint density at radius 1 is 0.750 bits per heavy atom. The van der Waals surface area contributed by atoms with Crippen molar-refractivity contribution in [3.05, 3.63) is 126 Å². The minimum atomic E-state index is 0.333. The highest BCUT2D eigenvalue weighted by Crippen LogP contribution is 2.35. The summed E-state index contributed by atoms with van der Waals surface area (Å²) in [7, 11) is 0. The largest absolute Gasteiger partial charge is 0.398 e. The molecule has 158 valence electrons. The van der Waals surface area contributed by atoms with Crippen LogP contribution in [0.1, 0.15) is 30.7 Å². The minimum Gasteiger partial charge on any atom is -0.398 e. The number of hydrogen-bond donors (Lipinski definition) is 2. The van der Waals surface area contributed by atoms with Crippen molar-refractivity contribution in [1.82, 2.24) is 5.32 Å². The molecule has 0 spiro atoms. The van der Waals surface area contributed by atoms with Crippen LogP contribution in [0.3, 0.4) is 0 Å². The molecular formula is C30H28N2. The van der Waals surface area contributed by atoms with Gasteiger partial charge in [0.05, 0.1) is 0 Å². The van der Waals surface area contributed by atoms with Crippen LogP contribution in [-0.2, 0) is 0 Å². The number of hydrogen-bond acceptors (Lipinski definition) is 2. The Balaban J connectivity index is 1.45. The number of rotatable bonds is 5. The van der Waals surface area contributed by atoms with E-state index in [4.69, 9.17) is 5.73 Å². The Morgan fingerprint density at radius 3 is 2.38 bits per heavy atom. The SMILES string of the molecule is Nc1ccccc1-c1cccc(-c2cccc(C3CC=CC=C3NC3=CC=CCC3)c2)c1. The molecule has 2 aliphatic carbocycles. The van der Waals surface area contributed by atoms with Gasteiger partial charge in [-0.05, 0) is 65.8 Å². The van der Waals surface area contributed by atoms with Crippen LogP contribution < -0.4 is 11.1 Å². The van der Waals surface area contributed by atoms with E-state index >= 15 is 0 Å². The zero-order chi connectivity index (χ0) is 21.8. The molecule has 1 unspecified atom stereocenters. The van der Waals surface area contributed by atoms with E-state index in [1.165, 1.54) is 28.1 Å². The van der Waals surface area contributed by atoms with E-state index in [0.717, 1.165) is 36.1 Å². The van der Waals surface area contributed by atoms with Crippen LogP contribution in [0.25, 0.3) is 22.3 Å². The Morgan fingerprint density at radius 2 is 1.53 bits per heavy atom. The van der Waals surface area contributed by atoms with Crippen molar-refractivity contribution in [3.63, 3.8) is 0 Å². The number of nitrogen functional groups attached to an aromatic ring is 1. The maximum absolute atomic E-state index is 6.23. The van der Waals surface area contributed by atoms with Crippen molar-refractivity contribution in [1.29, 1.82) is 0 Å². The summed E-state index contributed by atoms with van der Waals surface area (Å²) in [4.78, 5) is 0. The van der Waals surface area contributed by atoms with Gasteiger partial charge >= 0.3 is 0 Å². The summed E-state index contributed by atoms with van der Waals surface area (Å²) in [6.45, 7) is 0. The highest BCUT2D eigenvalue weighted by molar-refractivity contribution is 5.80. The molecule has 5 rings (SSSR count). The lowest BCUT2D eigenvalue weighted by molar-refractivity contribution is 0.706.